The molecule has 0 unspecified atom stereocenters. The van der Waals surface area contributed by atoms with Crippen molar-refractivity contribution in [1.82, 2.24) is 9.72 Å². The molecule has 3 heterocycles. The van der Waals surface area contributed by atoms with Crippen molar-refractivity contribution in [3.05, 3.63) is 69.9 Å². The Morgan fingerprint density at radius 2 is 1.93 bits per heavy atom. The first-order chi connectivity index (χ1) is 13.9. The van der Waals surface area contributed by atoms with E-state index in [0.29, 0.717) is 33.8 Å². The molecule has 0 aliphatic rings. The van der Waals surface area contributed by atoms with Crippen LogP contribution in [0.5, 0.6) is 0 Å². The van der Waals surface area contributed by atoms with Crippen LogP contribution >= 0.6 is 11.6 Å². The number of aromatic nitrogens is 2. The van der Waals surface area contributed by atoms with E-state index in [4.69, 9.17) is 25.3 Å². The van der Waals surface area contributed by atoms with Crippen molar-refractivity contribution in [2.45, 2.75) is 20.8 Å². The lowest BCUT2D eigenvalue weighted by atomic mass is 10.1. The van der Waals surface area contributed by atoms with E-state index in [9.17, 15) is 9.59 Å². The Kier molecular flexibility index (Phi) is 4.76. The van der Waals surface area contributed by atoms with Gasteiger partial charge in [0.15, 0.2) is 12.4 Å². The molecule has 4 aromatic rings. The van der Waals surface area contributed by atoms with Crippen molar-refractivity contribution in [3.63, 3.8) is 0 Å². The molecule has 0 amide bonds. The van der Waals surface area contributed by atoms with E-state index in [1.807, 2.05) is 11.5 Å². The maximum absolute atomic E-state index is 12.7. The van der Waals surface area contributed by atoms with Crippen LogP contribution < -0.4 is 0 Å². The second-order valence-electron chi connectivity index (χ2n) is 6.66. The highest BCUT2D eigenvalue weighted by atomic mass is 35.5. The second kappa shape index (κ2) is 7.25. The Labute approximate surface area is 170 Å². The largest absolute Gasteiger partial charge is 0.451 e. The Morgan fingerprint density at radius 3 is 2.62 bits per heavy atom. The van der Waals surface area contributed by atoms with Gasteiger partial charge in [-0.25, -0.2) is 4.79 Å². The summed E-state index contributed by atoms with van der Waals surface area (Å²) in [6, 6.07) is 10.5. The number of Topliss-reactive ketones (excluding diaryl/α,β-unsaturated/α-hetero) is 1. The van der Waals surface area contributed by atoms with Crippen LogP contribution in [0.1, 0.15) is 38.1 Å². The Hall–Kier alpha value is -3.32. The van der Waals surface area contributed by atoms with Crippen LogP contribution in [0.4, 0.5) is 0 Å². The van der Waals surface area contributed by atoms with Crippen LogP contribution in [0.15, 0.2) is 45.3 Å². The normalized spacial score (nSPS) is 11.2. The molecule has 0 bridgehead atoms. The molecule has 0 aliphatic carbocycles. The minimum atomic E-state index is -0.791. The van der Waals surface area contributed by atoms with Gasteiger partial charge in [0.05, 0.1) is 0 Å². The molecule has 1 aromatic carbocycles. The Balaban J connectivity index is 1.53. The number of benzene rings is 1. The third-order valence-corrected chi connectivity index (χ3v) is 5.01. The number of hydrogen-bond donors (Lipinski definition) is 0. The van der Waals surface area contributed by atoms with Crippen molar-refractivity contribution in [1.29, 1.82) is 0 Å². The Morgan fingerprint density at radius 1 is 1.17 bits per heavy atom. The van der Waals surface area contributed by atoms with Crippen LogP contribution in [0.2, 0.25) is 5.02 Å². The van der Waals surface area contributed by atoms with Gasteiger partial charge in [-0.15, -0.1) is 0 Å². The molecular formula is C21H17ClN2O5. The van der Waals surface area contributed by atoms with Gasteiger partial charge in [-0.2, -0.15) is 0 Å². The number of halogens is 1. The van der Waals surface area contributed by atoms with Gasteiger partial charge in [-0.3, -0.25) is 9.36 Å². The number of carbonyl (C=O) groups excluding carboxylic acids is 2. The lowest BCUT2D eigenvalue weighted by Gasteiger charge is -2.05. The molecule has 0 aliphatic heterocycles. The predicted molar refractivity (Wildman–Crippen MR) is 106 cm³/mol. The number of furan rings is 1. The zero-order valence-corrected chi connectivity index (χ0v) is 16.7. The number of esters is 1. The summed E-state index contributed by atoms with van der Waals surface area (Å²) in [5.41, 5.74) is 2.40. The number of fused-ring (bicyclic) bond motifs is 1. The standard InChI is InChI=1S/C21H17ClN2O5/c1-11-8-15(13(3)24(11)18-9-12(2)29-23-18)16(25)10-27-21(26)20-19(22)14-6-4-5-7-17(14)28-20/h4-9H,10H2,1-3H3. The topological polar surface area (TPSA) is 87.5 Å². The molecule has 0 spiro atoms. The average molecular weight is 413 g/mol. The molecule has 0 atom stereocenters. The van der Waals surface area contributed by atoms with Crippen LogP contribution in [0, 0.1) is 20.8 Å². The second-order valence-corrected chi connectivity index (χ2v) is 7.03. The average Bonchev–Trinajstić information content (AvgIpc) is 3.36. The van der Waals surface area contributed by atoms with Gasteiger partial charge in [-0.1, -0.05) is 28.9 Å². The van der Waals surface area contributed by atoms with E-state index >= 15 is 0 Å². The van der Waals surface area contributed by atoms with Crippen LogP contribution in [-0.4, -0.2) is 28.1 Å². The van der Waals surface area contributed by atoms with Crippen molar-refractivity contribution in [3.8, 4) is 5.82 Å². The summed E-state index contributed by atoms with van der Waals surface area (Å²) >= 11 is 6.20. The fourth-order valence-corrected chi connectivity index (χ4v) is 3.55. The van der Waals surface area contributed by atoms with E-state index in [1.54, 1.807) is 50.2 Å². The van der Waals surface area contributed by atoms with Gasteiger partial charge >= 0.3 is 5.97 Å². The molecule has 0 radical (unpaired) electrons. The van der Waals surface area contributed by atoms with Crippen molar-refractivity contribution < 1.29 is 23.3 Å². The Bertz CT molecular complexity index is 1250. The van der Waals surface area contributed by atoms with Crippen molar-refractivity contribution >= 4 is 34.3 Å². The number of ketones is 1. The zero-order valence-electron chi connectivity index (χ0n) is 16.0. The highest BCUT2D eigenvalue weighted by Crippen LogP contribution is 2.30. The third kappa shape index (κ3) is 3.34. The molecule has 8 heteroatoms. The number of carbonyl (C=O) groups is 2. The molecule has 0 saturated carbocycles. The summed E-state index contributed by atoms with van der Waals surface area (Å²) in [7, 11) is 0. The first-order valence-corrected chi connectivity index (χ1v) is 9.24. The van der Waals surface area contributed by atoms with E-state index in [0.717, 1.165) is 5.69 Å². The molecular weight excluding hydrogens is 396 g/mol. The van der Waals surface area contributed by atoms with Crippen LogP contribution in [-0.2, 0) is 4.74 Å². The van der Waals surface area contributed by atoms with E-state index < -0.39 is 12.6 Å². The summed E-state index contributed by atoms with van der Waals surface area (Å²) in [6.45, 7) is 5.00. The lowest BCUT2D eigenvalue weighted by Crippen LogP contribution is -2.15. The molecule has 29 heavy (non-hydrogen) atoms. The number of aryl methyl sites for hydroxylation is 2. The molecule has 0 fully saturated rings. The number of ether oxygens (including phenoxy) is 1. The minimum Gasteiger partial charge on any atom is -0.451 e. The fraction of sp³-hybridized carbons (Fsp3) is 0.190. The molecule has 3 aromatic heterocycles. The van der Waals surface area contributed by atoms with Crippen LogP contribution in [0.25, 0.3) is 16.8 Å². The summed E-state index contributed by atoms with van der Waals surface area (Å²) in [5, 5.41) is 4.76. The number of nitrogens with zero attached hydrogens (tertiary/aromatic N) is 2. The first kappa shape index (κ1) is 19.0. The highest BCUT2D eigenvalue weighted by molar-refractivity contribution is 6.38. The molecule has 148 valence electrons. The van der Waals surface area contributed by atoms with Gasteiger partial charge in [0, 0.05) is 28.4 Å². The fourth-order valence-electron chi connectivity index (χ4n) is 3.28. The van der Waals surface area contributed by atoms with Gasteiger partial charge in [0.1, 0.15) is 16.4 Å². The SMILES string of the molecule is Cc1cc(-n2c(C)cc(C(=O)COC(=O)c3oc4ccccc4c3Cl)c2C)no1. The maximum atomic E-state index is 12.7. The van der Waals surface area contributed by atoms with Crippen LogP contribution in [0.3, 0.4) is 0 Å². The third-order valence-electron chi connectivity index (χ3n) is 4.63. The summed E-state index contributed by atoms with van der Waals surface area (Å²) in [4.78, 5) is 25.0. The number of para-hydroxylation sites is 1. The summed E-state index contributed by atoms with van der Waals surface area (Å²) in [5.74, 6) is -0.00512. The van der Waals surface area contributed by atoms with Gasteiger partial charge < -0.3 is 13.7 Å². The number of rotatable bonds is 5. The first-order valence-electron chi connectivity index (χ1n) is 8.87. The molecule has 0 saturated heterocycles. The van der Waals surface area contributed by atoms with E-state index in [2.05, 4.69) is 5.16 Å². The highest BCUT2D eigenvalue weighted by Gasteiger charge is 2.23. The van der Waals surface area contributed by atoms with E-state index in [-0.39, 0.29) is 16.6 Å². The van der Waals surface area contributed by atoms with Crippen molar-refractivity contribution in [2.24, 2.45) is 0 Å². The minimum absolute atomic E-state index is 0.121. The molecule has 0 N–H and O–H groups in total. The molecule has 4 rings (SSSR count). The monoisotopic (exact) mass is 412 g/mol. The number of hydrogen-bond acceptors (Lipinski definition) is 6. The van der Waals surface area contributed by atoms with E-state index in [1.165, 1.54) is 0 Å². The zero-order chi connectivity index (χ0) is 20.7. The molecule has 7 nitrogen and oxygen atoms in total. The summed E-state index contributed by atoms with van der Waals surface area (Å²) in [6.07, 6.45) is 0. The lowest BCUT2D eigenvalue weighted by molar-refractivity contribution is 0.0446. The van der Waals surface area contributed by atoms with Gasteiger partial charge in [0.25, 0.3) is 0 Å². The van der Waals surface area contributed by atoms with Gasteiger partial charge in [-0.05, 0) is 39.0 Å². The summed E-state index contributed by atoms with van der Waals surface area (Å²) < 4.78 is 17.5. The van der Waals surface area contributed by atoms with Crippen molar-refractivity contribution in [2.75, 3.05) is 6.61 Å². The predicted octanol–water partition coefficient (Wildman–Crippen LogP) is 4.83. The quantitative estimate of drug-likeness (QED) is 0.344. The van der Waals surface area contributed by atoms with Gasteiger partial charge in [0.2, 0.25) is 11.5 Å². The maximum Gasteiger partial charge on any atom is 0.376 e. The smallest absolute Gasteiger partial charge is 0.376 e.